The monoisotopic (exact) mass is 448 g/mol. The molecular weight excluding hydrogens is 415 g/mol. The Balaban J connectivity index is 2.01. The van der Waals surface area contributed by atoms with Gasteiger partial charge in [0.25, 0.3) is 0 Å². The molecule has 1 aliphatic heterocycles. The quantitative estimate of drug-likeness (QED) is 0.615. The van der Waals surface area contributed by atoms with Gasteiger partial charge in [0, 0.05) is 49.8 Å². The summed E-state index contributed by atoms with van der Waals surface area (Å²) < 4.78 is 40.5. The van der Waals surface area contributed by atoms with Crippen LogP contribution >= 0.6 is 0 Å². The van der Waals surface area contributed by atoms with Gasteiger partial charge in [0.2, 0.25) is 10.0 Å². The molecule has 8 heteroatoms. The van der Waals surface area contributed by atoms with Crippen LogP contribution in [0.15, 0.2) is 24.3 Å². The topological polar surface area (TPSA) is 66.4 Å². The van der Waals surface area contributed by atoms with Crippen LogP contribution in [0.5, 0.6) is 0 Å². The lowest BCUT2D eigenvalue weighted by atomic mass is 10.00. The van der Waals surface area contributed by atoms with Gasteiger partial charge in [-0.1, -0.05) is 39.0 Å². The highest BCUT2D eigenvalue weighted by atomic mass is 32.2. The molecule has 2 heterocycles. The van der Waals surface area contributed by atoms with Crippen LogP contribution in [0.4, 0.5) is 10.2 Å². The number of rotatable bonds is 8. The first-order chi connectivity index (χ1) is 14.8. The SMILES string of the molecule is CCc1nc(C(C)CC)nc(N2CCN(S(=O)(=O)CC)CC2)c1Cc1ccccc1F. The fraction of sp³-hybridized carbons (Fsp3) is 0.565. The van der Waals surface area contributed by atoms with Gasteiger partial charge in [0.1, 0.15) is 17.5 Å². The Bertz CT molecular complexity index is 1000. The maximum atomic E-state index is 14.4. The molecule has 0 bridgehead atoms. The number of hydrogen-bond acceptors (Lipinski definition) is 5. The summed E-state index contributed by atoms with van der Waals surface area (Å²) >= 11 is 0. The summed E-state index contributed by atoms with van der Waals surface area (Å²) in [4.78, 5) is 11.9. The van der Waals surface area contributed by atoms with Crippen molar-refractivity contribution in [1.82, 2.24) is 14.3 Å². The van der Waals surface area contributed by atoms with Gasteiger partial charge < -0.3 is 4.90 Å². The molecular formula is C23H33FN4O2S. The van der Waals surface area contributed by atoms with Crippen LogP contribution in [0.3, 0.4) is 0 Å². The van der Waals surface area contributed by atoms with Crippen LogP contribution in [-0.4, -0.2) is 54.6 Å². The average Bonchev–Trinajstić information content (AvgIpc) is 2.80. The van der Waals surface area contributed by atoms with E-state index < -0.39 is 10.0 Å². The zero-order valence-corrected chi connectivity index (χ0v) is 19.8. The number of piperazine rings is 1. The average molecular weight is 449 g/mol. The zero-order chi connectivity index (χ0) is 22.6. The second-order valence-electron chi connectivity index (χ2n) is 8.05. The van der Waals surface area contributed by atoms with E-state index in [4.69, 9.17) is 9.97 Å². The third-order valence-electron chi connectivity index (χ3n) is 6.10. The van der Waals surface area contributed by atoms with E-state index in [2.05, 4.69) is 25.7 Å². The van der Waals surface area contributed by atoms with E-state index in [1.54, 1.807) is 23.4 Å². The molecule has 0 amide bonds. The number of sulfonamides is 1. The summed E-state index contributed by atoms with van der Waals surface area (Å²) in [6.45, 7) is 9.93. The van der Waals surface area contributed by atoms with Crippen LogP contribution in [0.1, 0.15) is 62.7 Å². The van der Waals surface area contributed by atoms with E-state index in [1.807, 2.05) is 6.07 Å². The molecule has 1 unspecified atom stereocenters. The van der Waals surface area contributed by atoms with Crippen LogP contribution in [-0.2, 0) is 22.9 Å². The van der Waals surface area contributed by atoms with Crippen molar-refractivity contribution in [2.75, 3.05) is 36.8 Å². The maximum absolute atomic E-state index is 14.4. The molecule has 0 N–H and O–H groups in total. The Kier molecular flexibility index (Phi) is 7.64. The lowest BCUT2D eigenvalue weighted by molar-refractivity contribution is 0.384. The highest BCUT2D eigenvalue weighted by Gasteiger charge is 2.29. The van der Waals surface area contributed by atoms with Crippen molar-refractivity contribution in [3.63, 3.8) is 0 Å². The van der Waals surface area contributed by atoms with Crippen molar-refractivity contribution in [1.29, 1.82) is 0 Å². The van der Waals surface area contributed by atoms with Crippen molar-refractivity contribution in [2.24, 2.45) is 0 Å². The smallest absolute Gasteiger partial charge is 0.213 e. The molecule has 3 rings (SSSR count). The van der Waals surface area contributed by atoms with Gasteiger partial charge in [-0.15, -0.1) is 0 Å². The van der Waals surface area contributed by atoms with Gasteiger partial charge in [-0.25, -0.2) is 22.8 Å². The molecule has 1 saturated heterocycles. The van der Waals surface area contributed by atoms with Crippen molar-refractivity contribution in [3.05, 3.63) is 52.7 Å². The Labute approximate surface area is 185 Å². The zero-order valence-electron chi connectivity index (χ0n) is 18.9. The van der Waals surface area contributed by atoms with E-state index in [9.17, 15) is 12.8 Å². The summed E-state index contributed by atoms with van der Waals surface area (Å²) in [5.41, 5.74) is 2.49. The molecule has 2 aromatic rings. The standard InChI is InChI=1S/C23H33FN4O2S/c1-5-17(4)22-25-21(6-2)19(16-18-10-8-9-11-20(18)24)23(26-22)27-12-14-28(15-13-27)31(29,30)7-3/h8-11,17H,5-7,12-16H2,1-4H3. The molecule has 0 aliphatic carbocycles. The third kappa shape index (κ3) is 5.23. The van der Waals surface area contributed by atoms with E-state index >= 15 is 0 Å². The number of aryl methyl sites for hydroxylation is 1. The van der Waals surface area contributed by atoms with Crippen molar-refractivity contribution >= 4 is 15.8 Å². The fourth-order valence-electron chi connectivity index (χ4n) is 3.87. The van der Waals surface area contributed by atoms with Gasteiger partial charge in [0.05, 0.1) is 5.75 Å². The van der Waals surface area contributed by atoms with Crippen LogP contribution < -0.4 is 4.90 Å². The summed E-state index contributed by atoms with van der Waals surface area (Å²) in [6.07, 6.45) is 2.07. The number of benzene rings is 1. The minimum Gasteiger partial charge on any atom is -0.354 e. The lowest BCUT2D eigenvalue weighted by Gasteiger charge is -2.36. The van der Waals surface area contributed by atoms with Crippen LogP contribution in [0.2, 0.25) is 0 Å². The summed E-state index contributed by atoms with van der Waals surface area (Å²) in [7, 11) is -3.21. The van der Waals surface area contributed by atoms with E-state index in [1.165, 1.54) is 6.07 Å². The van der Waals surface area contributed by atoms with Gasteiger partial charge in [0.15, 0.2) is 0 Å². The number of aromatic nitrogens is 2. The van der Waals surface area contributed by atoms with Gasteiger partial charge in [-0.2, -0.15) is 4.31 Å². The first-order valence-corrected chi connectivity index (χ1v) is 12.8. The number of hydrogen-bond donors (Lipinski definition) is 0. The molecule has 31 heavy (non-hydrogen) atoms. The largest absolute Gasteiger partial charge is 0.354 e. The first kappa shape index (κ1) is 23.6. The number of anilines is 1. The molecule has 0 spiro atoms. The molecule has 6 nitrogen and oxygen atoms in total. The molecule has 0 radical (unpaired) electrons. The first-order valence-electron chi connectivity index (χ1n) is 11.2. The second-order valence-corrected chi connectivity index (χ2v) is 10.3. The molecule has 1 fully saturated rings. The van der Waals surface area contributed by atoms with Gasteiger partial charge in [-0.3, -0.25) is 0 Å². The molecule has 1 atom stereocenters. The van der Waals surface area contributed by atoms with Crippen molar-refractivity contribution in [2.45, 2.75) is 52.9 Å². The van der Waals surface area contributed by atoms with Crippen molar-refractivity contribution in [3.8, 4) is 0 Å². The minimum atomic E-state index is -3.21. The van der Waals surface area contributed by atoms with Crippen LogP contribution in [0.25, 0.3) is 0 Å². The Morgan fingerprint density at radius 3 is 2.32 bits per heavy atom. The molecule has 170 valence electrons. The highest BCUT2D eigenvalue weighted by Crippen LogP contribution is 2.29. The highest BCUT2D eigenvalue weighted by molar-refractivity contribution is 7.89. The number of nitrogens with zero attached hydrogens (tertiary/aromatic N) is 4. The summed E-state index contributed by atoms with van der Waals surface area (Å²) in [5, 5.41) is 0. The second kappa shape index (κ2) is 10.0. The Morgan fingerprint density at radius 2 is 1.74 bits per heavy atom. The van der Waals surface area contributed by atoms with Gasteiger partial charge >= 0.3 is 0 Å². The molecule has 1 aliphatic rings. The summed E-state index contributed by atoms with van der Waals surface area (Å²) in [6, 6.07) is 6.80. The maximum Gasteiger partial charge on any atom is 0.213 e. The summed E-state index contributed by atoms with van der Waals surface area (Å²) in [5.74, 6) is 1.71. The normalized spacial score (nSPS) is 16.5. The predicted octanol–water partition coefficient (Wildman–Crippen LogP) is 3.75. The Morgan fingerprint density at radius 1 is 1.06 bits per heavy atom. The fourth-order valence-corrected chi connectivity index (χ4v) is 4.95. The Hall–Kier alpha value is -2.06. The van der Waals surface area contributed by atoms with Gasteiger partial charge in [-0.05, 0) is 31.4 Å². The van der Waals surface area contributed by atoms with Crippen LogP contribution in [0, 0.1) is 5.82 Å². The minimum absolute atomic E-state index is 0.108. The lowest BCUT2D eigenvalue weighted by Crippen LogP contribution is -2.49. The van der Waals surface area contributed by atoms with E-state index in [-0.39, 0.29) is 17.5 Å². The third-order valence-corrected chi connectivity index (χ3v) is 7.98. The number of halogens is 1. The van der Waals surface area contributed by atoms with E-state index in [0.29, 0.717) is 38.2 Å². The molecule has 0 saturated carbocycles. The predicted molar refractivity (Wildman–Crippen MR) is 123 cm³/mol. The van der Waals surface area contributed by atoms with Crippen molar-refractivity contribution < 1.29 is 12.8 Å². The van der Waals surface area contributed by atoms with E-state index in [0.717, 1.165) is 35.7 Å². The molecule has 1 aromatic carbocycles. The molecule has 1 aromatic heterocycles.